The van der Waals surface area contributed by atoms with Gasteiger partial charge in [0, 0.05) is 27.4 Å². The van der Waals surface area contributed by atoms with Gasteiger partial charge in [0.25, 0.3) is 0 Å². The van der Waals surface area contributed by atoms with Gasteiger partial charge in [0.2, 0.25) is 0 Å². The van der Waals surface area contributed by atoms with Crippen LogP contribution in [0.5, 0.6) is 0 Å². The Kier molecular flexibility index (Phi) is 14.7. The molecule has 0 spiro atoms. The maximum Gasteiger partial charge on any atom is 0.306 e. The van der Waals surface area contributed by atoms with E-state index in [-0.39, 0.29) is 24.8 Å². The molecule has 0 rings (SSSR count). The lowest BCUT2D eigenvalue weighted by Gasteiger charge is -2.12. The second kappa shape index (κ2) is 15.4. The van der Waals surface area contributed by atoms with Crippen LogP contribution in [-0.4, -0.2) is 52.6 Å². The zero-order valence-corrected chi connectivity index (χ0v) is 15.7. The quantitative estimate of drug-likeness (QED) is 0.425. The Morgan fingerprint density at radius 1 is 0.667 bits per heavy atom. The Labute approximate surface area is 146 Å². The normalized spacial score (nSPS) is 13.3. The van der Waals surface area contributed by atoms with Crippen molar-refractivity contribution >= 4 is 11.9 Å². The van der Waals surface area contributed by atoms with E-state index in [1.165, 1.54) is 0 Å². The number of carbonyl (C=O) groups is 2. The molecule has 6 heteroatoms. The lowest BCUT2D eigenvalue weighted by Crippen LogP contribution is -2.13. The Morgan fingerprint density at radius 2 is 1.00 bits per heavy atom. The average molecular weight is 346 g/mol. The molecule has 0 bridgehead atoms. The zero-order chi connectivity index (χ0) is 18.2. The molecule has 142 valence electrons. The minimum absolute atomic E-state index is 0.0739. The summed E-state index contributed by atoms with van der Waals surface area (Å²) in [6.07, 6.45) is 3.65. The van der Waals surface area contributed by atoms with E-state index in [0.717, 1.165) is 25.7 Å². The van der Waals surface area contributed by atoms with Crippen LogP contribution < -0.4 is 0 Å². The van der Waals surface area contributed by atoms with Crippen LogP contribution in [0.3, 0.4) is 0 Å². The first-order valence-corrected chi connectivity index (χ1v) is 8.78. The standard InChI is InChI=1S/C18H34O6/c1-15(7-11-21-3)9-13-23-17(19)5-6-18(20)24-14-10-16(2)8-12-22-4/h15-16H,5-14H2,1-4H3. The van der Waals surface area contributed by atoms with Crippen molar-refractivity contribution in [2.75, 3.05) is 40.6 Å². The van der Waals surface area contributed by atoms with E-state index in [9.17, 15) is 9.59 Å². The highest BCUT2D eigenvalue weighted by Gasteiger charge is 2.11. The van der Waals surface area contributed by atoms with Gasteiger partial charge < -0.3 is 18.9 Å². The highest BCUT2D eigenvalue weighted by Crippen LogP contribution is 2.09. The number of ether oxygens (including phenoxy) is 4. The summed E-state index contributed by atoms with van der Waals surface area (Å²) in [5.74, 6) is 0.198. The number of carbonyl (C=O) groups excluding carboxylic acids is 2. The highest BCUT2D eigenvalue weighted by atomic mass is 16.5. The molecule has 0 fully saturated rings. The minimum atomic E-state index is -0.348. The summed E-state index contributed by atoms with van der Waals surface area (Å²) < 4.78 is 20.3. The second-order valence-corrected chi connectivity index (χ2v) is 6.29. The predicted octanol–water partition coefficient (Wildman–Crippen LogP) is 2.98. The lowest BCUT2D eigenvalue weighted by atomic mass is 10.1. The van der Waals surface area contributed by atoms with E-state index in [1.54, 1.807) is 14.2 Å². The third-order valence-corrected chi connectivity index (χ3v) is 3.91. The summed E-state index contributed by atoms with van der Waals surface area (Å²) in [5.41, 5.74) is 0. The summed E-state index contributed by atoms with van der Waals surface area (Å²) in [6.45, 7) is 6.39. The fourth-order valence-corrected chi connectivity index (χ4v) is 2.02. The summed E-state index contributed by atoms with van der Waals surface area (Å²) in [4.78, 5) is 23.1. The van der Waals surface area contributed by atoms with Gasteiger partial charge in [-0.2, -0.15) is 0 Å². The number of rotatable bonds is 15. The van der Waals surface area contributed by atoms with Crippen LogP contribution in [0.4, 0.5) is 0 Å². The molecule has 0 heterocycles. The maximum absolute atomic E-state index is 11.6. The molecule has 0 N–H and O–H groups in total. The molecule has 0 radical (unpaired) electrons. The van der Waals surface area contributed by atoms with Crippen molar-refractivity contribution in [2.45, 2.75) is 52.4 Å². The Hall–Kier alpha value is -1.14. The first kappa shape index (κ1) is 22.9. The van der Waals surface area contributed by atoms with Crippen LogP contribution in [0.15, 0.2) is 0 Å². The molecular formula is C18H34O6. The van der Waals surface area contributed by atoms with Crippen molar-refractivity contribution in [3.05, 3.63) is 0 Å². The second-order valence-electron chi connectivity index (χ2n) is 6.29. The summed E-state index contributed by atoms with van der Waals surface area (Å²) in [5, 5.41) is 0. The molecule has 2 unspecified atom stereocenters. The molecule has 2 atom stereocenters. The van der Waals surface area contributed by atoms with Crippen LogP contribution in [0.1, 0.15) is 52.4 Å². The van der Waals surface area contributed by atoms with Crippen molar-refractivity contribution in [1.29, 1.82) is 0 Å². The molecule has 0 aliphatic heterocycles. The molecular weight excluding hydrogens is 312 g/mol. The molecule has 0 aromatic heterocycles. The number of methoxy groups -OCH3 is 2. The minimum Gasteiger partial charge on any atom is -0.466 e. The lowest BCUT2D eigenvalue weighted by molar-refractivity contribution is -0.150. The van der Waals surface area contributed by atoms with Gasteiger partial charge in [-0.3, -0.25) is 9.59 Å². The molecule has 0 amide bonds. The van der Waals surface area contributed by atoms with Crippen molar-refractivity contribution in [3.63, 3.8) is 0 Å². The molecule has 0 saturated heterocycles. The van der Waals surface area contributed by atoms with E-state index in [1.807, 2.05) is 0 Å². The van der Waals surface area contributed by atoms with Crippen molar-refractivity contribution in [2.24, 2.45) is 11.8 Å². The zero-order valence-electron chi connectivity index (χ0n) is 15.7. The monoisotopic (exact) mass is 346 g/mol. The SMILES string of the molecule is COCCC(C)CCOC(=O)CCC(=O)OCCC(C)CCOC. The molecule has 6 nitrogen and oxygen atoms in total. The third kappa shape index (κ3) is 14.5. The fourth-order valence-electron chi connectivity index (χ4n) is 2.02. The van der Waals surface area contributed by atoms with Crippen LogP contribution in [-0.2, 0) is 28.5 Å². The Morgan fingerprint density at radius 3 is 1.33 bits per heavy atom. The first-order valence-electron chi connectivity index (χ1n) is 8.78. The van der Waals surface area contributed by atoms with Gasteiger partial charge in [-0.25, -0.2) is 0 Å². The van der Waals surface area contributed by atoms with Gasteiger partial charge in [0.1, 0.15) is 0 Å². The maximum atomic E-state index is 11.6. The smallest absolute Gasteiger partial charge is 0.306 e. The molecule has 0 aromatic rings. The van der Waals surface area contributed by atoms with Crippen LogP contribution in [0, 0.1) is 11.8 Å². The van der Waals surface area contributed by atoms with Crippen molar-refractivity contribution in [3.8, 4) is 0 Å². The molecule has 0 aromatic carbocycles. The van der Waals surface area contributed by atoms with Gasteiger partial charge in [-0.15, -0.1) is 0 Å². The van der Waals surface area contributed by atoms with E-state index in [4.69, 9.17) is 18.9 Å². The number of hydrogen-bond acceptors (Lipinski definition) is 6. The van der Waals surface area contributed by atoms with Gasteiger partial charge in [-0.1, -0.05) is 13.8 Å². The topological polar surface area (TPSA) is 71.1 Å². The van der Waals surface area contributed by atoms with Gasteiger partial charge in [0.15, 0.2) is 0 Å². The van der Waals surface area contributed by atoms with E-state index >= 15 is 0 Å². The van der Waals surface area contributed by atoms with Crippen molar-refractivity contribution < 1.29 is 28.5 Å². The van der Waals surface area contributed by atoms with Crippen LogP contribution >= 0.6 is 0 Å². The van der Waals surface area contributed by atoms with Gasteiger partial charge in [0.05, 0.1) is 26.1 Å². The summed E-state index contributed by atoms with van der Waals surface area (Å²) in [7, 11) is 3.35. The molecule has 0 saturated carbocycles. The molecule has 0 aliphatic rings. The number of esters is 2. The largest absolute Gasteiger partial charge is 0.466 e. The van der Waals surface area contributed by atoms with Gasteiger partial charge >= 0.3 is 11.9 Å². The van der Waals surface area contributed by atoms with E-state index in [2.05, 4.69) is 13.8 Å². The Balaban J connectivity index is 3.59. The summed E-state index contributed by atoms with van der Waals surface area (Å²) >= 11 is 0. The number of hydrogen-bond donors (Lipinski definition) is 0. The molecule has 0 aliphatic carbocycles. The first-order chi connectivity index (χ1) is 11.5. The van der Waals surface area contributed by atoms with E-state index in [0.29, 0.717) is 38.3 Å². The van der Waals surface area contributed by atoms with Gasteiger partial charge in [-0.05, 0) is 37.5 Å². The summed E-state index contributed by atoms with van der Waals surface area (Å²) in [6, 6.07) is 0. The molecule has 24 heavy (non-hydrogen) atoms. The highest BCUT2D eigenvalue weighted by molar-refractivity contribution is 5.77. The van der Waals surface area contributed by atoms with Crippen LogP contribution in [0.25, 0.3) is 0 Å². The average Bonchev–Trinajstić information content (AvgIpc) is 2.56. The van der Waals surface area contributed by atoms with E-state index < -0.39 is 0 Å². The Bertz CT molecular complexity index is 299. The third-order valence-electron chi connectivity index (χ3n) is 3.91. The van der Waals surface area contributed by atoms with Crippen LogP contribution in [0.2, 0.25) is 0 Å². The fraction of sp³-hybridized carbons (Fsp3) is 0.889. The predicted molar refractivity (Wildman–Crippen MR) is 91.7 cm³/mol. The van der Waals surface area contributed by atoms with Crippen molar-refractivity contribution in [1.82, 2.24) is 0 Å².